The molecule has 0 bridgehead atoms. The zero-order valence-electron chi connectivity index (χ0n) is 18.2. The van der Waals surface area contributed by atoms with E-state index in [9.17, 15) is 23.2 Å². The van der Waals surface area contributed by atoms with Gasteiger partial charge in [0.2, 0.25) is 0 Å². The Labute approximate surface area is 200 Å². The molecule has 0 radical (unpaired) electrons. The molecule has 10 nitrogen and oxygen atoms in total. The van der Waals surface area contributed by atoms with E-state index in [0.717, 1.165) is 15.7 Å². The third-order valence-electron chi connectivity index (χ3n) is 5.26. The summed E-state index contributed by atoms with van der Waals surface area (Å²) in [6.45, 7) is -0.225. The zero-order valence-corrected chi connectivity index (χ0v) is 18.2. The number of carbonyl (C=O) groups is 1. The van der Waals surface area contributed by atoms with Crippen LogP contribution in [0.5, 0.6) is 0 Å². The first-order chi connectivity index (χ1) is 17.3. The van der Waals surface area contributed by atoms with E-state index >= 15 is 0 Å². The maximum Gasteiger partial charge on any atom is 0.433 e. The second-order valence-electron chi connectivity index (χ2n) is 7.53. The van der Waals surface area contributed by atoms with Gasteiger partial charge in [0, 0.05) is 11.6 Å². The summed E-state index contributed by atoms with van der Waals surface area (Å²) in [6.07, 6.45) is 1.57. The monoisotopic (exact) mass is 489 g/mol. The maximum absolute atomic E-state index is 14.1. The van der Waals surface area contributed by atoms with Gasteiger partial charge in [0.15, 0.2) is 11.5 Å². The summed E-state index contributed by atoms with van der Waals surface area (Å²) in [5.74, 6) is -0.947. The van der Waals surface area contributed by atoms with Gasteiger partial charge in [-0.05, 0) is 23.8 Å². The lowest BCUT2D eigenvalue weighted by atomic mass is 10.1. The first kappa shape index (κ1) is 22.7. The van der Waals surface area contributed by atoms with Crippen molar-refractivity contribution in [3.63, 3.8) is 0 Å². The van der Waals surface area contributed by atoms with E-state index in [4.69, 9.17) is 0 Å². The summed E-state index contributed by atoms with van der Waals surface area (Å²) >= 11 is 0. The number of fused-ring (bicyclic) bond motifs is 1. The van der Waals surface area contributed by atoms with E-state index in [-0.39, 0.29) is 23.6 Å². The van der Waals surface area contributed by atoms with E-state index in [0.29, 0.717) is 16.5 Å². The molecule has 4 aromatic heterocycles. The number of hydrogen-bond acceptors (Lipinski definition) is 7. The highest BCUT2D eigenvalue weighted by Gasteiger charge is 2.40. The number of carbonyl (C=O) groups excluding carboxylic acids is 1. The first-order valence-electron chi connectivity index (χ1n) is 10.4. The molecule has 5 rings (SSSR count). The van der Waals surface area contributed by atoms with E-state index < -0.39 is 23.3 Å². The van der Waals surface area contributed by atoms with Gasteiger partial charge in [-0.1, -0.05) is 18.2 Å². The number of hydrogen-bond donors (Lipinski definition) is 1. The minimum atomic E-state index is -4.86. The first-order valence-corrected chi connectivity index (χ1v) is 10.4. The lowest BCUT2D eigenvalue weighted by molar-refractivity contribution is -0.144. The van der Waals surface area contributed by atoms with E-state index in [1.54, 1.807) is 36.5 Å². The number of nitrogens with zero attached hydrogens (tertiary/aromatic N) is 8. The number of aromatic nitrogens is 7. The normalized spacial score (nSPS) is 11.4. The third-order valence-corrected chi connectivity index (χ3v) is 5.26. The summed E-state index contributed by atoms with van der Waals surface area (Å²) in [5, 5.41) is 24.1. The number of rotatable bonds is 5. The number of alkyl halides is 3. The van der Waals surface area contributed by atoms with Crippen LogP contribution in [0.4, 0.5) is 18.9 Å². The second-order valence-corrected chi connectivity index (χ2v) is 7.53. The Balaban J connectivity index is 1.47. The zero-order chi connectivity index (χ0) is 25.3. The van der Waals surface area contributed by atoms with E-state index in [2.05, 4.69) is 30.6 Å². The van der Waals surface area contributed by atoms with Gasteiger partial charge >= 0.3 is 6.18 Å². The number of benzene rings is 1. The third kappa shape index (κ3) is 4.23. The molecule has 1 aromatic carbocycles. The van der Waals surface area contributed by atoms with Crippen LogP contribution in [0, 0.1) is 11.3 Å². The van der Waals surface area contributed by atoms with Gasteiger partial charge in [0.05, 0.1) is 48.1 Å². The Hall–Kier alpha value is -5.12. The van der Waals surface area contributed by atoms with Crippen LogP contribution < -0.4 is 5.32 Å². The molecule has 1 amide bonds. The summed E-state index contributed by atoms with van der Waals surface area (Å²) in [6, 6.07) is 11.7. The van der Waals surface area contributed by atoms with Crippen LogP contribution in [-0.4, -0.2) is 40.6 Å². The minimum Gasteiger partial charge on any atom is -0.320 e. The number of nitrogens with one attached hydrogen (secondary N) is 1. The van der Waals surface area contributed by atoms with E-state index in [1.807, 2.05) is 6.07 Å². The standard InChI is InChI=1S/C23H14F3N9O/c24-23(25,26)20-18(12-32-34(20)13-14-3-1-5-19-17(14)4-2-6-28-19)22(36)33-16-9-15(10-27)21(29-11-16)35-30-7-8-31-35/h1-9,11-12H,13H2,(H,33,36). The van der Waals surface area contributed by atoms with Gasteiger partial charge in [0.1, 0.15) is 11.6 Å². The fourth-order valence-electron chi connectivity index (χ4n) is 3.73. The molecule has 0 unspecified atom stereocenters. The molecule has 0 fully saturated rings. The van der Waals surface area contributed by atoms with Crippen LogP contribution in [0.2, 0.25) is 0 Å². The molecule has 4 heterocycles. The fraction of sp³-hybridized carbons (Fsp3) is 0.0870. The van der Waals surface area contributed by atoms with Crippen LogP contribution in [0.3, 0.4) is 0 Å². The SMILES string of the molecule is N#Cc1cc(NC(=O)c2cnn(Cc3cccc4ncccc34)c2C(F)(F)F)cnc1-n1nccn1. The number of halogens is 3. The average Bonchev–Trinajstić information content (AvgIpc) is 3.54. The average molecular weight is 489 g/mol. The smallest absolute Gasteiger partial charge is 0.320 e. The van der Waals surface area contributed by atoms with Crippen molar-refractivity contribution in [3.8, 4) is 11.9 Å². The largest absolute Gasteiger partial charge is 0.433 e. The second kappa shape index (κ2) is 8.91. The summed E-state index contributed by atoms with van der Waals surface area (Å²) < 4.78 is 42.9. The molecule has 0 aliphatic heterocycles. The van der Waals surface area contributed by atoms with Crippen LogP contribution in [0.15, 0.2) is 67.4 Å². The van der Waals surface area contributed by atoms with Crippen molar-refractivity contribution in [1.82, 2.24) is 34.7 Å². The molecule has 1 N–H and O–H groups in total. The number of anilines is 1. The molecule has 0 saturated carbocycles. The molecule has 178 valence electrons. The topological polar surface area (TPSA) is 127 Å². The molecular formula is C23H14F3N9O. The Morgan fingerprint density at radius 2 is 1.83 bits per heavy atom. The van der Waals surface area contributed by atoms with Gasteiger partial charge in [-0.3, -0.25) is 14.5 Å². The van der Waals surface area contributed by atoms with Gasteiger partial charge in [0.25, 0.3) is 5.91 Å². The summed E-state index contributed by atoms with van der Waals surface area (Å²) in [5.41, 5.74) is -0.646. The molecule has 13 heteroatoms. The Kier molecular flexibility index (Phi) is 5.61. The predicted octanol–water partition coefficient (Wildman–Crippen LogP) is 3.60. The molecular weight excluding hydrogens is 475 g/mol. The summed E-state index contributed by atoms with van der Waals surface area (Å²) in [7, 11) is 0. The van der Waals surface area contributed by atoms with Crippen molar-refractivity contribution >= 4 is 22.5 Å². The van der Waals surface area contributed by atoms with Gasteiger partial charge in [-0.15, -0.1) is 4.80 Å². The molecule has 0 aliphatic rings. The summed E-state index contributed by atoms with van der Waals surface area (Å²) in [4.78, 5) is 22.2. The lowest BCUT2D eigenvalue weighted by Gasteiger charge is -2.14. The lowest BCUT2D eigenvalue weighted by Crippen LogP contribution is -2.22. The van der Waals surface area contributed by atoms with Crippen molar-refractivity contribution in [1.29, 1.82) is 5.26 Å². The van der Waals surface area contributed by atoms with Crippen molar-refractivity contribution in [2.45, 2.75) is 12.7 Å². The number of pyridine rings is 2. The van der Waals surface area contributed by atoms with Crippen LogP contribution in [0.1, 0.15) is 27.2 Å². The van der Waals surface area contributed by atoms with Crippen molar-refractivity contribution in [3.05, 3.63) is 89.8 Å². The van der Waals surface area contributed by atoms with E-state index in [1.165, 1.54) is 24.7 Å². The fourth-order valence-corrected chi connectivity index (χ4v) is 3.73. The Morgan fingerprint density at radius 3 is 2.58 bits per heavy atom. The molecule has 36 heavy (non-hydrogen) atoms. The Morgan fingerprint density at radius 1 is 1.03 bits per heavy atom. The highest BCUT2D eigenvalue weighted by molar-refractivity contribution is 6.05. The quantitative estimate of drug-likeness (QED) is 0.400. The maximum atomic E-state index is 14.1. The van der Waals surface area contributed by atoms with Crippen molar-refractivity contribution < 1.29 is 18.0 Å². The van der Waals surface area contributed by atoms with Crippen LogP contribution in [-0.2, 0) is 12.7 Å². The minimum absolute atomic E-state index is 0.0142. The van der Waals surface area contributed by atoms with Crippen molar-refractivity contribution in [2.75, 3.05) is 5.32 Å². The van der Waals surface area contributed by atoms with Gasteiger partial charge in [-0.2, -0.15) is 33.7 Å². The number of nitriles is 1. The van der Waals surface area contributed by atoms with Gasteiger partial charge in [-0.25, -0.2) is 4.98 Å². The molecule has 5 aromatic rings. The van der Waals surface area contributed by atoms with Crippen LogP contribution >= 0.6 is 0 Å². The molecule has 0 aliphatic carbocycles. The molecule has 0 spiro atoms. The Bertz CT molecular complexity index is 1610. The highest BCUT2D eigenvalue weighted by Crippen LogP contribution is 2.33. The van der Waals surface area contributed by atoms with Gasteiger partial charge < -0.3 is 5.32 Å². The van der Waals surface area contributed by atoms with Crippen LogP contribution in [0.25, 0.3) is 16.7 Å². The number of amides is 1. The molecule has 0 atom stereocenters. The van der Waals surface area contributed by atoms with Crippen molar-refractivity contribution in [2.24, 2.45) is 0 Å². The highest BCUT2D eigenvalue weighted by atomic mass is 19.4. The predicted molar refractivity (Wildman–Crippen MR) is 120 cm³/mol. The molecule has 0 saturated heterocycles.